The number of esters is 1. The molecule has 3 rings (SSSR count). The molecule has 4 nitrogen and oxygen atoms in total. The quantitative estimate of drug-likeness (QED) is 0.540. The summed E-state index contributed by atoms with van der Waals surface area (Å²) in [4.78, 5) is 16.7. The van der Waals surface area contributed by atoms with Crippen LogP contribution in [-0.2, 0) is 0 Å². The first-order chi connectivity index (χ1) is 11.3. The normalized spacial score (nSPS) is 10.1. The van der Waals surface area contributed by atoms with Crippen LogP contribution in [0.25, 0.3) is 11.3 Å². The van der Waals surface area contributed by atoms with Crippen LogP contribution in [0, 0.1) is 0 Å². The molecule has 0 unspecified atom stereocenters. The topological polar surface area (TPSA) is 48.4 Å². The van der Waals surface area contributed by atoms with Gasteiger partial charge in [-0.15, -0.1) is 0 Å². The number of hydrogen-bond acceptors (Lipinski definition) is 4. The van der Waals surface area contributed by atoms with E-state index in [-0.39, 0.29) is 0 Å². The first-order valence-corrected chi connectivity index (χ1v) is 7.14. The monoisotopic (exact) mass is 305 g/mol. The van der Waals surface area contributed by atoms with Crippen LogP contribution in [0.4, 0.5) is 0 Å². The lowest BCUT2D eigenvalue weighted by atomic mass is 10.1. The van der Waals surface area contributed by atoms with E-state index >= 15 is 0 Å². The Balaban J connectivity index is 1.90. The lowest BCUT2D eigenvalue weighted by Crippen LogP contribution is -2.09. The first kappa shape index (κ1) is 14.8. The first-order valence-electron chi connectivity index (χ1n) is 7.14. The number of aromatic nitrogens is 1. The van der Waals surface area contributed by atoms with Crippen molar-refractivity contribution < 1.29 is 14.3 Å². The third-order valence-corrected chi connectivity index (χ3v) is 3.34. The van der Waals surface area contributed by atoms with Gasteiger partial charge in [0.05, 0.1) is 18.4 Å². The molecule has 0 spiro atoms. The highest BCUT2D eigenvalue weighted by Crippen LogP contribution is 2.28. The SMILES string of the molecule is COc1cccc(C(=O)Oc2ccccc2-c2ccccn2)c1. The summed E-state index contributed by atoms with van der Waals surface area (Å²) in [6, 6.07) is 19.8. The number of carbonyl (C=O) groups is 1. The summed E-state index contributed by atoms with van der Waals surface area (Å²) >= 11 is 0. The molecule has 4 heteroatoms. The van der Waals surface area contributed by atoms with Crippen LogP contribution in [0.15, 0.2) is 72.9 Å². The average molecular weight is 305 g/mol. The van der Waals surface area contributed by atoms with Crippen molar-refractivity contribution in [2.45, 2.75) is 0 Å². The molecule has 114 valence electrons. The van der Waals surface area contributed by atoms with Gasteiger partial charge in [0.15, 0.2) is 0 Å². The highest BCUT2D eigenvalue weighted by molar-refractivity contribution is 5.92. The van der Waals surface area contributed by atoms with E-state index in [0.717, 1.165) is 11.3 Å². The Bertz CT molecular complexity index is 816. The molecule has 23 heavy (non-hydrogen) atoms. The van der Waals surface area contributed by atoms with Crippen molar-refractivity contribution >= 4 is 5.97 Å². The van der Waals surface area contributed by atoms with Gasteiger partial charge >= 0.3 is 5.97 Å². The number of pyridine rings is 1. The van der Waals surface area contributed by atoms with Gasteiger partial charge in [-0.3, -0.25) is 4.98 Å². The fourth-order valence-corrected chi connectivity index (χ4v) is 2.20. The highest BCUT2D eigenvalue weighted by atomic mass is 16.5. The number of nitrogens with zero attached hydrogens (tertiary/aromatic N) is 1. The molecule has 0 atom stereocenters. The van der Waals surface area contributed by atoms with Crippen molar-refractivity contribution in [2.75, 3.05) is 7.11 Å². The van der Waals surface area contributed by atoms with Crippen molar-refractivity contribution in [1.82, 2.24) is 4.98 Å². The predicted molar refractivity (Wildman–Crippen MR) is 87.6 cm³/mol. The summed E-state index contributed by atoms with van der Waals surface area (Å²) in [6.45, 7) is 0. The van der Waals surface area contributed by atoms with E-state index in [1.54, 1.807) is 43.6 Å². The minimum Gasteiger partial charge on any atom is -0.497 e. The molecule has 1 aromatic heterocycles. The van der Waals surface area contributed by atoms with Crippen LogP contribution in [0.1, 0.15) is 10.4 Å². The lowest BCUT2D eigenvalue weighted by Gasteiger charge is -2.10. The molecule has 0 aliphatic carbocycles. The smallest absolute Gasteiger partial charge is 0.343 e. The number of benzene rings is 2. The number of rotatable bonds is 4. The molecular formula is C19H15NO3. The van der Waals surface area contributed by atoms with Crippen LogP contribution in [0.2, 0.25) is 0 Å². The van der Waals surface area contributed by atoms with E-state index in [2.05, 4.69) is 4.98 Å². The van der Waals surface area contributed by atoms with Gasteiger partial charge in [-0.2, -0.15) is 0 Å². The molecule has 0 N–H and O–H groups in total. The molecule has 0 fully saturated rings. The van der Waals surface area contributed by atoms with Gasteiger partial charge in [-0.25, -0.2) is 4.79 Å². The third-order valence-electron chi connectivity index (χ3n) is 3.34. The van der Waals surface area contributed by atoms with Crippen molar-refractivity contribution in [3.63, 3.8) is 0 Å². The Kier molecular flexibility index (Phi) is 4.34. The van der Waals surface area contributed by atoms with Gasteiger partial charge in [0.25, 0.3) is 0 Å². The lowest BCUT2D eigenvalue weighted by molar-refractivity contribution is 0.0735. The fraction of sp³-hybridized carbons (Fsp3) is 0.0526. The van der Waals surface area contributed by atoms with Gasteiger partial charge < -0.3 is 9.47 Å². The molecule has 0 bridgehead atoms. The van der Waals surface area contributed by atoms with Crippen molar-refractivity contribution in [3.8, 4) is 22.8 Å². The Morgan fingerprint density at radius 3 is 2.57 bits per heavy atom. The summed E-state index contributed by atoms with van der Waals surface area (Å²) in [7, 11) is 1.56. The zero-order valence-electron chi connectivity index (χ0n) is 12.6. The van der Waals surface area contributed by atoms with Gasteiger partial charge in [0.1, 0.15) is 11.5 Å². The molecule has 0 aliphatic heterocycles. The van der Waals surface area contributed by atoms with Crippen LogP contribution in [0.3, 0.4) is 0 Å². The molecule has 0 amide bonds. The predicted octanol–water partition coefficient (Wildman–Crippen LogP) is 3.98. The van der Waals surface area contributed by atoms with Crippen molar-refractivity contribution in [1.29, 1.82) is 0 Å². The maximum atomic E-state index is 12.4. The summed E-state index contributed by atoms with van der Waals surface area (Å²) in [5.41, 5.74) is 1.95. The fourth-order valence-electron chi connectivity index (χ4n) is 2.20. The Morgan fingerprint density at radius 2 is 1.78 bits per heavy atom. The molecule has 0 radical (unpaired) electrons. The van der Waals surface area contributed by atoms with Crippen molar-refractivity contribution in [3.05, 3.63) is 78.5 Å². The van der Waals surface area contributed by atoms with E-state index in [9.17, 15) is 4.79 Å². The Hall–Kier alpha value is -3.14. The minimum absolute atomic E-state index is 0.431. The maximum absolute atomic E-state index is 12.4. The molecule has 3 aromatic rings. The van der Waals surface area contributed by atoms with Crippen LogP contribution < -0.4 is 9.47 Å². The zero-order valence-corrected chi connectivity index (χ0v) is 12.6. The van der Waals surface area contributed by atoms with Crippen LogP contribution in [0.5, 0.6) is 11.5 Å². The molecule has 0 saturated carbocycles. The summed E-state index contributed by atoms with van der Waals surface area (Å²) in [5, 5.41) is 0. The standard InChI is InChI=1S/C19H15NO3/c1-22-15-8-6-7-14(13-15)19(21)23-18-11-3-2-9-16(18)17-10-4-5-12-20-17/h2-13H,1H3. The van der Waals surface area contributed by atoms with E-state index < -0.39 is 5.97 Å². The zero-order chi connectivity index (χ0) is 16.1. The van der Waals surface area contributed by atoms with E-state index in [1.807, 2.05) is 36.4 Å². The molecule has 0 aliphatic rings. The van der Waals surface area contributed by atoms with Crippen LogP contribution >= 0.6 is 0 Å². The van der Waals surface area contributed by atoms with E-state index in [4.69, 9.17) is 9.47 Å². The Morgan fingerprint density at radius 1 is 0.957 bits per heavy atom. The molecule has 2 aromatic carbocycles. The number of ether oxygens (including phenoxy) is 2. The van der Waals surface area contributed by atoms with E-state index in [0.29, 0.717) is 17.1 Å². The minimum atomic E-state index is -0.438. The number of carbonyl (C=O) groups excluding carboxylic acids is 1. The second-order valence-electron chi connectivity index (χ2n) is 4.83. The second kappa shape index (κ2) is 6.75. The summed E-state index contributed by atoms with van der Waals surface area (Å²) in [5.74, 6) is 0.642. The van der Waals surface area contributed by atoms with Gasteiger partial charge in [-0.1, -0.05) is 24.3 Å². The summed E-state index contributed by atoms with van der Waals surface area (Å²) in [6.07, 6.45) is 1.70. The number of methoxy groups -OCH3 is 1. The number of para-hydroxylation sites is 1. The Labute approximate surface area is 134 Å². The van der Waals surface area contributed by atoms with Gasteiger partial charge in [0, 0.05) is 11.8 Å². The van der Waals surface area contributed by atoms with Crippen LogP contribution in [-0.4, -0.2) is 18.1 Å². The molecule has 0 saturated heterocycles. The maximum Gasteiger partial charge on any atom is 0.343 e. The van der Waals surface area contributed by atoms with Gasteiger partial charge in [0.2, 0.25) is 0 Å². The van der Waals surface area contributed by atoms with E-state index in [1.165, 1.54) is 0 Å². The average Bonchev–Trinajstić information content (AvgIpc) is 2.63. The van der Waals surface area contributed by atoms with Gasteiger partial charge in [-0.05, 0) is 42.5 Å². The molecular weight excluding hydrogens is 290 g/mol. The van der Waals surface area contributed by atoms with Crippen molar-refractivity contribution in [2.24, 2.45) is 0 Å². The number of hydrogen-bond donors (Lipinski definition) is 0. The second-order valence-corrected chi connectivity index (χ2v) is 4.83. The largest absolute Gasteiger partial charge is 0.497 e. The summed E-state index contributed by atoms with van der Waals surface area (Å²) < 4.78 is 10.7. The highest BCUT2D eigenvalue weighted by Gasteiger charge is 2.13. The third kappa shape index (κ3) is 3.37. The molecule has 1 heterocycles.